The van der Waals surface area contributed by atoms with Crippen LogP contribution in [0.25, 0.3) is 0 Å². The SMILES string of the molecule is COP(=O)(F)OCC1CCCCC1. The second kappa shape index (κ2) is 5.08. The van der Waals surface area contributed by atoms with Gasteiger partial charge in [0, 0.05) is 7.11 Å². The fraction of sp³-hybridized carbons (Fsp3) is 1.00. The molecule has 0 aliphatic heterocycles. The van der Waals surface area contributed by atoms with Gasteiger partial charge in [-0.1, -0.05) is 19.3 Å². The molecular weight excluding hydrogens is 194 g/mol. The smallest absolute Gasteiger partial charge is 0.287 e. The summed E-state index contributed by atoms with van der Waals surface area (Å²) >= 11 is 0. The highest BCUT2D eigenvalue weighted by atomic mass is 31.2. The van der Waals surface area contributed by atoms with E-state index in [1.165, 1.54) is 6.42 Å². The minimum absolute atomic E-state index is 0.224. The zero-order chi connectivity index (χ0) is 9.73. The molecule has 3 nitrogen and oxygen atoms in total. The maximum atomic E-state index is 12.7. The Morgan fingerprint density at radius 3 is 2.54 bits per heavy atom. The minimum atomic E-state index is -4.24. The molecule has 0 heterocycles. The van der Waals surface area contributed by atoms with Crippen molar-refractivity contribution in [3.63, 3.8) is 0 Å². The third kappa shape index (κ3) is 4.21. The van der Waals surface area contributed by atoms with Crippen LogP contribution in [0.2, 0.25) is 0 Å². The van der Waals surface area contributed by atoms with Crippen molar-refractivity contribution >= 4 is 7.91 Å². The predicted octanol–water partition coefficient (Wildman–Crippen LogP) is 3.31. The van der Waals surface area contributed by atoms with Gasteiger partial charge in [0.2, 0.25) is 0 Å². The number of hydrogen-bond donors (Lipinski definition) is 0. The van der Waals surface area contributed by atoms with Crippen molar-refractivity contribution in [3.05, 3.63) is 0 Å². The molecule has 5 heteroatoms. The largest absolute Gasteiger partial charge is 0.512 e. The maximum Gasteiger partial charge on any atom is 0.512 e. The summed E-state index contributed by atoms with van der Waals surface area (Å²) in [7, 11) is -3.18. The third-order valence-corrected chi connectivity index (χ3v) is 3.30. The van der Waals surface area contributed by atoms with E-state index < -0.39 is 7.91 Å². The first-order valence-electron chi connectivity index (χ1n) is 4.64. The maximum absolute atomic E-state index is 12.7. The predicted molar refractivity (Wildman–Crippen MR) is 48.3 cm³/mol. The Bertz CT molecular complexity index is 192. The van der Waals surface area contributed by atoms with Crippen molar-refractivity contribution in [2.24, 2.45) is 5.92 Å². The van der Waals surface area contributed by atoms with Crippen molar-refractivity contribution in [1.82, 2.24) is 0 Å². The van der Waals surface area contributed by atoms with Crippen LogP contribution in [0, 0.1) is 5.92 Å². The monoisotopic (exact) mass is 210 g/mol. The van der Waals surface area contributed by atoms with E-state index in [0.29, 0.717) is 5.92 Å². The Morgan fingerprint density at radius 2 is 2.00 bits per heavy atom. The molecule has 1 rings (SSSR count). The summed E-state index contributed by atoms with van der Waals surface area (Å²) in [5.74, 6) is 0.355. The topological polar surface area (TPSA) is 35.5 Å². The lowest BCUT2D eigenvalue weighted by molar-refractivity contribution is 0.154. The van der Waals surface area contributed by atoms with Gasteiger partial charge in [0.25, 0.3) is 0 Å². The Balaban J connectivity index is 2.21. The molecule has 0 saturated heterocycles. The molecule has 0 aromatic carbocycles. The quantitative estimate of drug-likeness (QED) is 0.668. The van der Waals surface area contributed by atoms with Crippen LogP contribution in [0.3, 0.4) is 0 Å². The summed E-state index contributed by atoms with van der Waals surface area (Å²) in [5, 5.41) is 0. The van der Waals surface area contributed by atoms with Gasteiger partial charge in [-0.05, 0) is 18.8 Å². The highest BCUT2D eigenvalue weighted by Gasteiger charge is 2.24. The van der Waals surface area contributed by atoms with Crippen molar-refractivity contribution in [2.45, 2.75) is 32.1 Å². The Kier molecular flexibility index (Phi) is 4.36. The van der Waals surface area contributed by atoms with E-state index in [1.54, 1.807) is 0 Å². The summed E-state index contributed by atoms with van der Waals surface area (Å²) < 4.78 is 32.1. The Morgan fingerprint density at radius 1 is 1.38 bits per heavy atom. The van der Waals surface area contributed by atoms with Gasteiger partial charge in [-0.15, -0.1) is 4.20 Å². The fourth-order valence-corrected chi connectivity index (χ4v) is 2.10. The van der Waals surface area contributed by atoms with Gasteiger partial charge in [-0.25, -0.2) is 4.57 Å². The van der Waals surface area contributed by atoms with E-state index in [-0.39, 0.29) is 6.61 Å². The molecule has 0 bridgehead atoms. The molecule has 1 aliphatic rings. The van der Waals surface area contributed by atoms with Gasteiger partial charge in [-0.2, -0.15) is 0 Å². The van der Waals surface area contributed by atoms with Crippen LogP contribution in [-0.4, -0.2) is 13.7 Å². The molecule has 0 aromatic heterocycles. The highest BCUT2D eigenvalue weighted by molar-refractivity contribution is 7.48. The van der Waals surface area contributed by atoms with Crippen molar-refractivity contribution in [3.8, 4) is 0 Å². The van der Waals surface area contributed by atoms with E-state index >= 15 is 0 Å². The van der Waals surface area contributed by atoms with E-state index in [9.17, 15) is 8.76 Å². The highest BCUT2D eigenvalue weighted by Crippen LogP contribution is 2.49. The molecule has 1 saturated carbocycles. The normalized spacial score (nSPS) is 24.2. The van der Waals surface area contributed by atoms with Crippen LogP contribution >= 0.6 is 7.91 Å². The summed E-state index contributed by atoms with van der Waals surface area (Å²) in [6, 6.07) is 0. The molecule has 0 amide bonds. The molecule has 1 fully saturated rings. The van der Waals surface area contributed by atoms with Gasteiger partial charge < -0.3 is 0 Å². The Labute approximate surface area is 78.3 Å². The number of hydrogen-bond acceptors (Lipinski definition) is 3. The minimum Gasteiger partial charge on any atom is -0.287 e. The molecule has 1 aliphatic carbocycles. The number of rotatable bonds is 4. The zero-order valence-corrected chi connectivity index (χ0v) is 8.76. The summed E-state index contributed by atoms with van der Waals surface area (Å²) in [5.41, 5.74) is 0. The van der Waals surface area contributed by atoms with Crippen molar-refractivity contribution in [1.29, 1.82) is 0 Å². The lowest BCUT2D eigenvalue weighted by atomic mass is 9.90. The van der Waals surface area contributed by atoms with Crippen LogP contribution in [0.15, 0.2) is 0 Å². The molecule has 1 unspecified atom stereocenters. The molecular formula is C8H16FO3P. The molecule has 1 atom stereocenters. The number of halogens is 1. The van der Waals surface area contributed by atoms with E-state index in [0.717, 1.165) is 32.8 Å². The van der Waals surface area contributed by atoms with Crippen LogP contribution in [-0.2, 0) is 13.6 Å². The van der Waals surface area contributed by atoms with Crippen LogP contribution < -0.4 is 0 Å². The zero-order valence-electron chi connectivity index (χ0n) is 7.87. The van der Waals surface area contributed by atoms with Gasteiger partial charge in [0.05, 0.1) is 6.61 Å². The van der Waals surface area contributed by atoms with Gasteiger partial charge in [0.1, 0.15) is 0 Å². The lowest BCUT2D eigenvalue weighted by Crippen LogP contribution is -2.12. The van der Waals surface area contributed by atoms with E-state index in [4.69, 9.17) is 0 Å². The first-order chi connectivity index (χ1) is 6.14. The second-order valence-electron chi connectivity index (χ2n) is 3.41. The average molecular weight is 210 g/mol. The van der Waals surface area contributed by atoms with Gasteiger partial charge >= 0.3 is 7.91 Å². The Hall–Kier alpha value is 0.0800. The third-order valence-electron chi connectivity index (χ3n) is 2.41. The lowest BCUT2D eigenvalue weighted by Gasteiger charge is -2.21. The average Bonchev–Trinajstić information content (AvgIpc) is 2.17. The molecule has 0 N–H and O–H groups in total. The van der Waals surface area contributed by atoms with Crippen molar-refractivity contribution < 1.29 is 17.8 Å². The van der Waals surface area contributed by atoms with Crippen LogP contribution in [0.5, 0.6) is 0 Å². The summed E-state index contributed by atoms with van der Waals surface area (Å²) in [6.45, 7) is 0.224. The van der Waals surface area contributed by atoms with Crippen molar-refractivity contribution in [2.75, 3.05) is 13.7 Å². The van der Waals surface area contributed by atoms with E-state index in [2.05, 4.69) is 9.05 Å². The molecule has 0 radical (unpaired) electrons. The van der Waals surface area contributed by atoms with Crippen LogP contribution in [0.4, 0.5) is 4.20 Å². The molecule has 0 aromatic rings. The summed E-state index contributed by atoms with van der Waals surface area (Å²) in [6.07, 6.45) is 5.66. The van der Waals surface area contributed by atoms with Crippen LogP contribution in [0.1, 0.15) is 32.1 Å². The van der Waals surface area contributed by atoms with Gasteiger partial charge in [-0.3, -0.25) is 9.05 Å². The molecule has 0 spiro atoms. The van der Waals surface area contributed by atoms with E-state index in [1.807, 2.05) is 0 Å². The fourth-order valence-electron chi connectivity index (χ4n) is 1.60. The van der Waals surface area contributed by atoms with Gasteiger partial charge in [0.15, 0.2) is 0 Å². The first kappa shape index (κ1) is 11.2. The first-order valence-corrected chi connectivity index (χ1v) is 6.07. The molecule has 78 valence electrons. The standard InChI is InChI=1S/C8H16FO3P/c1-11-13(9,10)12-7-8-5-3-2-4-6-8/h8H,2-7H2,1H3. The second-order valence-corrected chi connectivity index (χ2v) is 4.90. The summed E-state index contributed by atoms with van der Waals surface area (Å²) in [4.78, 5) is 0. The molecule has 13 heavy (non-hydrogen) atoms.